The first-order valence-electron chi connectivity index (χ1n) is 7.72. The minimum atomic E-state index is -0.536. The van der Waals surface area contributed by atoms with Crippen molar-refractivity contribution < 1.29 is 9.84 Å². The highest BCUT2D eigenvalue weighted by Crippen LogP contribution is 2.19. The van der Waals surface area contributed by atoms with Crippen LogP contribution in [-0.2, 0) is 0 Å². The molecular formula is C19H25NO2. The Hall–Kier alpha value is -1.84. The van der Waals surface area contributed by atoms with E-state index in [0.717, 1.165) is 16.9 Å². The number of aliphatic hydroxyl groups excluding tert-OH is 1. The Morgan fingerprint density at radius 1 is 1.09 bits per heavy atom. The smallest absolute Gasteiger partial charge is 0.122 e. The molecule has 2 aromatic carbocycles. The fourth-order valence-electron chi connectivity index (χ4n) is 2.28. The summed E-state index contributed by atoms with van der Waals surface area (Å²) in [5.41, 5.74) is 3.46. The summed E-state index contributed by atoms with van der Waals surface area (Å²) in [6.45, 7) is 6.93. The van der Waals surface area contributed by atoms with E-state index in [2.05, 4.69) is 30.4 Å². The first-order chi connectivity index (χ1) is 10.6. The largest absolute Gasteiger partial charge is 0.491 e. The average Bonchev–Trinajstić information content (AvgIpc) is 2.54. The Kier molecular flexibility index (Phi) is 5.99. The highest BCUT2D eigenvalue weighted by molar-refractivity contribution is 5.35. The third kappa shape index (κ3) is 4.86. The van der Waals surface area contributed by atoms with Gasteiger partial charge in [0.25, 0.3) is 0 Å². The quantitative estimate of drug-likeness (QED) is 0.823. The summed E-state index contributed by atoms with van der Waals surface area (Å²) in [7, 11) is 0. The summed E-state index contributed by atoms with van der Waals surface area (Å²) in [4.78, 5) is 0. The second-order valence-electron chi connectivity index (χ2n) is 5.77. The van der Waals surface area contributed by atoms with Gasteiger partial charge in [-0.3, -0.25) is 0 Å². The van der Waals surface area contributed by atoms with E-state index in [0.29, 0.717) is 13.2 Å². The van der Waals surface area contributed by atoms with Crippen LogP contribution in [0.25, 0.3) is 0 Å². The normalized spacial score (nSPS) is 13.6. The maximum absolute atomic E-state index is 10.1. The van der Waals surface area contributed by atoms with Crippen LogP contribution in [0.2, 0.25) is 0 Å². The van der Waals surface area contributed by atoms with Crippen LogP contribution < -0.4 is 10.1 Å². The molecule has 0 saturated heterocycles. The van der Waals surface area contributed by atoms with E-state index in [4.69, 9.17) is 4.74 Å². The van der Waals surface area contributed by atoms with Gasteiger partial charge < -0.3 is 15.2 Å². The van der Waals surface area contributed by atoms with Crippen molar-refractivity contribution in [2.24, 2.45) is 0 Å². The fourth-order valence-corrected chi connectivity index (χ4v) is 2.28. The molecule has 0 heterocycles. The van der Waals surface area contributed by atoms with Gasteiger partial charge in [0.2, 0.25) is 0 Å². The Morgan fingerprint density at radius 3 is 2.55 bits per heavy atom. The van der Waals surface area contributed by atoms with Crippen molar-refractivity contribution in [1.82, 2.24) is 5.32 Å². The van der Waals surface area contributed by atoms with Crippen LogP contribution in [-0.4, -0.2) is 24.4 Å². The van der Waals surface area contributed by atoms with E-state index in [-0.39, 0.29) is 6.04 Å². The van der Waals surface area contributed by atoms with Crippen molar-refractivity contribution in [2.45, 2.75) is 32.9 Å². The van der Waals surface area contributed by atoms with Gasteiger partial charge in [0.15, 0.2) is 0 Å². The van der Waals surface area contributed by atoms with Crippen LogP contribution in [0.4, 0.5) is 0 Å². The van der Waals surface area contributed by atoms with Gasteiger partial charge in [0, 0.05) is 12.6 Å². The predicted molar refractivity (Wildman–Crippen MR) is 90.3 cm³/mol. The van der Waals surface area contributed by atoms with Crippen molar-refractivity contribution in [3.63, 3.8) is 0 Å². The molecule has 0 bridgehead atoms. The molecule has 0 unspecified atom stereocenters. The van der Waals surface area contributed by atoms with Crippen molar-refractivity contribution in [1.29, 1.82) is 0 Å². The van der Waals surface area contributed by atoms with Gasteiger partial charge in [-0.1, -0.05) is 42.5 Å². The van der Waals surface area contributed by atoms with Crippen molar-refractivity contribution in [3.05, 3.63) is 65.2 Å². The third-order valence-electron chi connectivity index (χ3n) is 3.73. The van der Waals surface area contributed by atoms with Crippen LogP contribution in [0.15, 0.2) is 48.5 Å². The van der Waals surface area contributed by atoms with Crippen LogP contribution in [0.5, 0.6) is 5.75 Å². The molecule has 3 nitrogen and oxygen atoms in total. The maximum atomic E-state index is 10.1. The summed E-state index contributed by atoms with van der Waals surface area (Å²) >= 11 is 0. The third-order valence-corrected chi connectivity index (χ3v) is 3.73. The minimum Gasteiger partial charge on any atom is -0.491 e. The van der Waals surface area contributed by atoms with E-state index in [9.17, 15) is 5.11 Å². The number of aryl methyl sites for hydroxylation is 2. The highest BCUT2D eigenvalue weighted by atomic mass is 16.5. The lowest BCUT2D eigenvalue weighted by Crippen LogP contribution is -2.33. The first-order valence-corrected chi connectivity index (χ1v) is 7.72. The number of rotatable bonds is 7. The standard InChI is InChI=1S/C19H25NO2/c1-14-9-10-15(2)19(11-14)22-13-18(21)12-20-16(3)17-7-5-4-6-8-17/h4-11,16,18,20-21H,12-13H2,1-3H3/t16-,18+/m1/s1. The molecule has 2 N–H and O–H groups in total. The number of aliphatic hydroxyl groups is 1. The lowest BCUT2D eigenvalue weighted by Gasteiger charge is -2.18. The van der Waals surface area contributed by atoms with E-state index >= 15 is 0 Å². The Bertz CT molecular complexity index is 583. The Labute approximate surface area is 133 Å². The molecule has 0 aromatic heterocycles. The Balaban J connectivity index is 1.78. The number of hydrogen-bond donors (Lipinski definition) is 2. The second kappa shape index (κ2) is 7.97. The SMILES string of the molecule is Cc1ccc(C)c(OC[C@@H](O)CN[C@H](C)c2ccccc2)c1. The molecule has 0 aliphatic heterocycles. The molecule has 0 amide bonds. The molecule has 2 aromatic rings. The van der Waals surface area contributed by atoms with Crippen molar-refractivity contribution >= 4 is 0 Å². The number of ether oxygens (including phenoxy) is 1. The van der Waals surface area contributed by atoms with Crippen LogP contribution in [0, 0.1) is 13.8 Å². The monoisotopic (exact) mass is 299 g/mol. The van der Waals surface area contributed by atoms with Gasteiger partial charge >= 0.3 is 0 Å². The molecule has 2 atom stereocenters. The average molecular weight is 299 g/mol. The van der Waals surface area contributed by atoms with Crippen LogP contribution in [0.1, 0.15) is 29.7 Å². The van der Waals surface area contributed by atoms with E-state index < -0.39 is 6.10 Å². The molecule has 2 rings (SSSR count). The predicted octanol–water partition coefficient (Wildman–Crippen LogP) is 3.39. The molecule has 0 saturated carbocycles. The van der Waals surface area contributed by atoms with E-state index in [1.807, 2.05) is 44.2 Å². The molecule has 3 heteroatoms. The summed E-state index contributed by atoms with van der Waals surface area (Å²) in [6, 6.07) is 16.5. The first kappa shape index (κ1) is 16.5. The van der Waals surface area contributed by atoms with E-state index in [1.165, 1.54) is 5.56 Å². The topological polar surface area (TPSA) is 41.5 Å². The maximum Gasteiger partial charge on any atom is 0.122 e. The molecule has 22 heavy (non-hydrogen) atoms. The number of nitrogens with one attached hydrogen (secondary N) is 1. The number of hydrogen-bond acceptors (Lipinski definition) is 3. The van der Waals surface area contributed by atoms with Gasteiger partial charge in [-0.15, -0.1) is 0 Å². The van der Waals surface area contributed by atoms with Gasteiger partial charge in [-0.2, -0.15) is 0 Å². The molecular weight excluding hydrogens is 274 g/mol. The summed E-state index contributed by atoms with van der Waals surface area (Å²) in [6.07, 6.45) is -0.536. The summed E-state index contributed by atoms with van der Waals surface area (Å²) in [5.74, 6) is 0.843. The molecule has 118 valence electrons. The zero-order chi connectivity index (χ0) is 15.9. The summed E-state index contributed by atoms with van der Waals surface area (Å²) < 4.78 is 5.73. The van der Waals surface area contributed by atoms with E-state index in [1.54, 1.807) is 0 Å². The van der Waals surface area contributed by atoms with Crippen LogP contribution in [0.3, 0.4) is 0 Å². The Morgan fingerprint density at radius 2 is 1.82 bits per heavy atom. The minimum absolute atomic E-state index is 0.205. The van der Waals surface area contributed by atoms with Gasteiger partial charge in [0.05, 0.1) is 0 Å². The van der Waals surface area contributed by atoms with Crippen LogP contribution >= 0.6 is 0 Å². The van der Waals surface area contributed by atoms with Gasteiger partial charge in [-0.05, 0) is 43.5 Å². The molecule has 0 aliphatic carbocycles. The lowest BCUT2D eigenvalue weighted by atomic mass is 10.1. The lowest BCUT2D eigenvalue weighted by molar-refractivity contribution is 0.104. The fraction of sp³-hybridized carbons (Fsp3) is 0.368. The molecule has 0 radical (unpaired) electrons. The van der Waals surface area contributed by atoms with Gasteiger partial charge in [-0.25, -0.2) is 0 Å². The second-order valence-corrected chi connectivity index (χ2v) is 5.77. The summed E-state index contributed by atoms with van der Waals surface area (Å²) in [5, 5.41) is 13.4. The highest BCUT2D eigenvalue weighted by Gasteiger charge is 2.10. The zero-order valence-corrected chi connectivity index (χ0v) is 13.5. The van der Waals surface area contributed by atoms with Crippen molar-refractivity contribution in [3.8, 4) is 5.75 Å². The van der Waals surface area contributed by atoms with Gasteiger partial charge in [0.1, 0.15) is 18.5 Å². The van der Waals surface area contributed by atoms with Crippen molar-refractivity contribution in [2.75, 3.05) is 13.2 Å². The molecule has 0 spiro atoms. The zero-order valence-electron chi connectivity index (χ0n) is 13.5. The molecule has 0 fully saturated rings. The number of benzene rings is 2. The molecule has 0 aliphatic rings.